The van der Waals surface area contributed by atoms with Crippen molar-refractivity contribution in [3.8, 4) is 11.5 Å². The van der Waals surface area contributed by atoms with Crippen LogP contribution in [0.3, 0.4) is 0 Å². The average molecular weight is 496 g/mol. The highest BCUT2D eigenvalue weighted by Gasteiger charge is 2.32. The normalized spacial score (nSPS) is 19.8. The zero-order valence-corrected chi connectivity index (χ0v) is 18.8. The molecule has 0 N–H and O–H groups in total. The van der Waals surface area contributed by atoms with Crippen LogP contribution in [0, 0.1) is 11.8 Å². The van der Waals surface area contributed by atoms with Gasteiger partial charge in [-0.3, -0.25) is 4.79 Å². The van der Waals surface area contributed by atoms with E-state index in [-0.39, 0.29) is 11.8 Å². The van der Waals surface area contributed by atoms with E-state index in [1.165, 1.54) is 0 Å². The number of ether oxygens (including phenoxy) is 2. The molecule has 5 heteroatoms. The maximum absolute atomic E-state index is 13.2. The van der Waals surface area contributed by atoms with Crippen LogP contribution < -0.4 is 9.47 Å². The fourth-order valence-electron chi connectivity index (χ4n) is 3.83. The molecular weight excluding hydrogens is 472 g/mol. The summed E-state index contributed by atoms with van der Waals surface area (Å²) >= 11 is 7.23. The first-order valence-electron chi connectivity index (χ1n) is 9.20. The minimum Gasteiger partial charge on any atom is -0.497 e. The SMILES string of the molecule is COc1ccc(Br)c(C[C@@H]2CCC[C@@H](Cc3cc(OC)ccc3Br)C2=O)c1. The summed E-state index contributed by atoms with van der Waals surface area (Å²) in [5.41, 5.74) is 2.27. The van der Waals surface area contributed by atoms with E-state index in [9.17, 15) is 4.79 Å². The number of methoxy groups -OCH3 is 2. The number of carbonyl (C=O) groups excluding carboxylic acids is 1. The molecule has 0 spiro atoms. The third-order valence-electron chi connectivity index (χ3n) is 5.35. The first kappa shape index (κ1) is 20.4. The third-order valence-corrected chi connectivity index (χ3v) is 6.90. The lowest BCUT2D eigenvalue weighted by Gasteiger charge is -2.28. The first-order chi connectivity index (χ1) is 13.0. The Labute approximate surface area is 177 Å². The second-order valence-electron chi connectivity index (χ2n) is 7.05. The van der Waals surface area contributed by atoms with Gasteiger partial charge >= 0.3 is 0 Å². The highest BCUT2D eigenvalue weighted by molar-refractivity contribution is 9.10. The molecule has 3 nitrogen and oxygen atoms in total. The van der Waals surface area contributed by atoms with Gasteiger partial charge in [0.05, 0.1) is 14.2 Å². The van der Waals surface area contributed by atoms with E-state index in [1.807, 2.05) is 36.4 Å². The van der Waals surface area contributed by atoms with Gasteiger partial charge in [-0.05, 0) is 73.2 Å². The molecule has 0 unspecified atom stereocenters. The van der Waals surface area contributed by atoms with Crippen LogP contribution in [-0.2, 0) is 17.6 Å². The lowest BCUT2D eigenvalue weighted by molar-refractivity contribution is -0.129. The molecule has 0 aromatic heterocycles. The molecule has 2 aromatic carbocycles. The van der Waals surface area contributed by atoms with E-state index < -0.39 is 0 Å². The predicted molar refractivity (Wildman–Crippen MR) is 115 cm³/mol. The van der Waals surface area contributed by atoms with E-state index in [1.54, 1.807) is 14.2 Å². The van der Waals surface area contributed by atoms with Crippen LogP contribution in [0.5, 0.6) is 11.5 Å². The molecule has 0 saturated heterocycles. The summed E-state index contributed by atoms with van der Waals surface area (Å²) in [6.07, 6.45) is 4.51. The summed E-state index contributed by atoms with van der Waals surface area (Å²) in [7, 11) is 3.33. The van der Waals surface area contributed by atoms with Gasteiger partial charge in [0.1, 0.15) is 17.3 Å². The van der Waals surface area contributed by atoms with Crippen LogP contribution in [0.1, 0.15) is 30.4 Å². The Morgan fingerprint density at radius 2 is 1.30 bits per heavy atom. The van der Waals surface area contributed by atoms with Gasteiger partial charge in [-0.1, -0.05) is 38.3 Å². The van der Waals surface area contributed by atoms with Crippen molar-refractivity contribution in [2.24, 2.45) is 11.8 Å². The summed E-state index contributed by atoms with van der Waals surface area (Å²) in [5.74, 6) is 2.17. The van der Waals surface area contributed by atoms with Crippen LogP contribution >= 0.6 is 31.9 Å². The Morgan fingerprint density at radius 3 is 1.70 bits per heavy atom. The maximum atomic E-state index is 13.2. The highest BCUT2D eigenvalue weighted by atomic mass is 79.9. The third kappa shape index (κ3) is 4.94. The molecule has 0 heterocycles. The summed E-state index contributed by atoms with van der Waals surface area (Å²) in [6.45, 7) is 0. The van der Waals surface area contributed by atoms with E-state index in [0.717, 1.165) is 63.7 Å². The number of benzene rings is 2. The van der Waals surface area contributed by atoms with E-state index in [0.29, 0.717) is 5.78 Å². The average Bonchev–Trinajstić information content (AvgIpc) is 2.68. The van der Waals surface area contributed by atoms with Crippen molar-refractivity contribution >= 4 is 37.6 Å². The molecule has 0 amide bonds. The van der Waals surface area contributed by atoms with Crippen molar-refractivity contribution in [2.45, 2.75) is 32.1 Å². The molecule has 3 rings (SSSR count). The van der Waals surface area contributed by atoms with Crippen LogP contribution in [0.25, 0.3) is 0 Å². The van der Waals surface area contributed by atoms with Gasteiger partial charge in [0.2, 0.25) is 0 Å². The van der Waals surface area contributed by atoms with Gasteiger partial charge < -0.3 is 9.47 Å². The number of hydrogen-bond acceptors (Lipinski definition) is 3. The van der Waals surface area contributed by atoms with Gasteiger partial charge in [-0.2, -0.15) is 0 Å². The largest absolute Gasteiger partial charge is 0.497 e. The quantitative estimate of drug-likeness (QED) is 0.493. The highest BCUT2D eigenvalue weighted by Crippen LogP contribution is 2.35. The molecule has 2 atom stereocenters. The van der Waals surface area contributed by atoms with Crippen LogP contribution in [0.4, 0.5) is 0 Å². The van der Waals surface area contributed by atoms with E-state index in [4.69, 9.17) is 9.47 Å². The second kappa shape index (κ2) is 9.24. The number of carbonyl (C=O) groups is 1. The minimum atomic E-state index is 0.0662. The lowest BCUT2D eigenvalue weighted by Crippen LogP contribution is -2.31. The van der Waals surface area contributed by atoms with Gasteiger partial charge in [-0.25, -0.2) is 0 Å². The Kier molecular flexibility index (Phi) is 6.99. The minimum absolute atomic E-state index is 0.0662. The van der Waals surface area contributed by atoms with E-state index in [2.05, 4.69) is 31.9 Å². The second-order valence-corrected chi connectivity index (χ2v) is 8.76. The van der Waals surface area contributed by atoms with Crippen LogP contribution in [0.15, 0.2) is 45.3 Å². The van der Waals surface area contributed by atoms with Crippen molar-refractivity contribution < 1.29 is 14.3 Å². The number of ketones is 1. The molecule has 1 saturated carbocycles. The molecule has 1 fully saturated rings. The van der Waals surface area contributed by atoms with Crippen molar-refractivity contribution in [3.63, 3.8) is 0 Å². The van der Waals surface area contributed by atoms with Crippen molar-refractivity contribution in [2.75, 3.05) is 14.2 Å². The van der Waals surface area contributed by atoms with E-state index >= 15 is 0 Å². The van der Waals surface area contributed by atoms with Gasteiger partial charge in [0.15, 0.2) is 0 Å². The summed E-state index contributed by atoms with van der Waals surface area (Å²) in [6, 6.07) is 11.9. The Hall–Kier alpha value is -1.33. The summed E-state index contributed by atoms with van der Waals surface area (Å²) < 4.78 is 12.7. The number of rotatable bonds is 6. The monoisotopic (exact) mass is 494 g/mol. The fourth-order valence-corrected chi connectivity index (χ4v) is 4.65. The zero-order valence-electron chi connectivity index (χ0n) is 15.6. The first-order valence-corrected chi connectivity index (χ1v) is 10.8. The lowest BCUT2D eigenvalue weighted by atomic mass is 9.75. The molecule has 1 aliphatic rings. The van der Waals surface area contributed by atoms with Crippen molar-refractivity contribution in [1.29, 1.82) is 0 Å². The van der Waals surface area contributed by atoms with Gasteiger partial charge in [0.25, 0.3) is 0 Å². The summed E-state index contributed by atoms with van der Waals surface area (Å²) in [5, 5.41) is 0. The molecule has 0 bridgehead atoms. The topological polar surface area (TPSA) is 35.5 Å². The van der Waals surface area contributed by atoms with Crippen LogP contribution in [0.2, 0.25) is 0 Å². The van der Waals surface area contributed by atoms with Crippen molar-refractivity contribution in [3.05, 3.63) is 56.5 Å². The summed E-state index contributed by atoms with van der Waals surface area (Å²) in [4.78, 5) is 13.2. The molecule has 0 aliphatic heterocycles. The fraction of sp³-hybridized carbons (Fsp3) is 0.409. The van der Waals surface area contributed by atoms with Gasteiger partial charge in [-0.15, -0.1) is 0 Å². The molecular formula is C22H24Br2O3. The Bertz CT molecular complexity index is 754. The number of hydrogen-bond donors (Lipinski definition) is 0. The van der Waals surface area contributed by atoms with Crippen LogP contribution in [-0.4, -0.2) is 20.0 Å². The number of halogens is 2. The van der Waals surface area contributed by atoms with Crippen molar-refractivity contribution in [1.82, 2.24) is 0 Å². The molecule has 144 valence electrons. The molecule has 27 heavy (non-hydrogen) atoms. The van der Waals surface area contributed by atoms with Gasteiger partial charge in [0, 0.05) is 20.8 Å². The smallest absolute Gasteiger partial charge is 0.139 e. The maximum Gasteiger partial charge on any atom is 0.139 e. The standard InChI is InChI=1S/C22H24Br2O3/c1-26-18-6-8-20(23)16(12-18)10-14-4-3-5-15(22(14)25)11-17-13-19(27-2)7-9-21(17)24/h6-9,12-15H,3-5,10-11H2,1-2H3/t14-,15-/m0/s1. The Balaban J connectivity index is 1.74. The molecule has 0 radical (unpaired) electrons. The molecule has 2 aromatic rings. The number of Topliss-reactive ketones (excluding diaryl/α,β-unsaturated/α-hetero) is 1. The predicted octanol–water partition coefficient (Wildman–Crippen LogP) is 6.00. The molecule has 1 aliphatic carbocycles. The zero-order chi connectivity index (χ0) is 19.4. The Morgan fingerprint density at radius 1 is 0.852 bits per heavy atom.